The number of rotatable bonds is 4. The quantitative estimate of drug-likeness (QED) is 0.804. The highest BCUT2D eigenvalue weighted by Crippen LogP contribution is 2.08. The van der Waals surface area contributed by atoms with Crippen LogP contribution >= 0.6 is 0 Å². The van der Waals surface area contributed by atoms with Crippen molar-refractivity contribution in [1.29, 1.82) is 0 Å². The summed E-state index contributed by atoms with van der Waals surface area (Å²) in [7, 11) is 3.39. The molecule has 1 amide bonds. The Balaban J connectivity index is 2.21. The summed E-state index contributed by atoms with van der Waals surface area (Å²) in [5.74, 6) is -0.0462. The molecule has 0 spiro atoms. The number of likely N-dealkylation sites (N-methyl/N-ethyl adjacent to an activating group) is 1. The van der Waals surface area contributed by atoms with Crippen LogP contribution in [-0.2, 0) is 4.74 Å². The molecule has 2 heterocycles. The van der Waals surface area contributed by atoms with E-state index in [0.717, 1.165) is 5.65 Å². The zero-order valence-electron chi connectivity index (χ0n) is 10.7. The average molecular weight is 248 g/mol. The van der Waals surface area contributed by atoms with Gasteiger partial charge in [0.25, 0.3) is 5.91 Å². The second-order valence-corrected chi connectivity index (χ2v) is 4.23. The lowest BCUT2D eigenvalue weighted by molar-refractivity contribution is 0.0633. The first-order valence-corrected chi connectivity index (χ1v) is 5.69. The van der Waals surface area contributed by atoms with Crippen molar-refractivity contribution in [2.45, 2.75) is 13.0 Å². The topological polar surface area (TPSA) is 59.7 Å². The highest BCUT2D eigenvalue weighted by atomic mass is 16.5. The van der Waals surface area contributed by atoms with E-state index in [2.05, 4.69) is 10.2 Å². The highest BCUT2D eigenvalue weighted by Gasteiger charge is 2.17. The van der Waals surface area contributed by atoms with Crippen molar-refractivity contribution < 1.29 is 9.53 Å². The molecule has 2 aromatic rings. The van der Waals surface area contributed by atoms with E-state index in [4.69, 9.17) is 4.74 Å². The zero-order chi connectivity index (χ0) is 13.1. The minimum Gasteiger partial charge on any atom is -0.383 e. The van der Waals surface area contributed by atoms with Gasteiger partial charge in [0, 0.05) is 20.4 Å². The predicted molar refractivity (Wildman–Crippen MR) is 66.4 cm³/mol. The SMILES string of the molecule is COC[C@@H](C)N(C)C(=O)c1ccc2nncn2c1. The summed E-state index contributed by atoms with van der Waals surface area (Å²) >= 11 is 0. The number of hydrogen-bond acceptors (Lipinski definition) is 4. The third-order valence-corrected chi connectivity index (χ3v) is 2.93. The Morgan fingerprint density at radius 2 is 2.33 bits per heavy atom. The molecule has 0 N–H and O–H groups in total. The summed E-state index contributed by atoms with van der Waals surface area (Å²) < 4.78 is 6.77. The van der Waals surface area contributed by atoms with Crippen LogP contribution in [-0.4, -0.2) is 52.2 Å². The molecule has 0 saturated heterocycles. The molecule has 0 aromatic carbocycles. The van der Waals surface area contributed by atoms with Crippen LogP contribution in [0.5, 0.6) is 0 Å². The van der Waals surface area contributed by atoms with Crippen molar-refractivity contribution in [3.8, 4) is 0 Å². The van der Waals surface area contributed by atoms with E-state index in [0.29, 0.717) is 12.2 Å². The third-order valence-electron chi connectivity index (χ3n) is 2.93. The number of ether oxygens (including phenoxy) is 1. The number of methoxy groups -OCH3 is 1. The first-order chi connectivity index (χ1) is 8.63. The molecule has 2 aromatic heterocycles. The second kappa shape index (κ2) is 5.14. The molecule has 0 aliphatic carbocycles. The average Bonchev–Trinajstić information content (AvgIpc) is 2.84. The molecule has 0 aliphatic heterocycles. The van der Waals surface area contributed by atoms with E-state index in [9.17, 15) is 4.79 Å². The van der Waals surface area contributed by atoms with Crippen molar-refractivity contribution >= 4 is 11.6 Å². The van der Waals surface area contributed by atoms with Crippen molar-refractivity contribution in [3.63, 3.8) is 0 Å². The van der Waals surface area contributed by atoms with Crippen molar-refractivity contribution in [1.82, 2.24) is 19.5 Å². The lowest BCUT2D eigenvalue weighted by Crippen LogP contribution is -2.37. The number of amides is 1. The first-order valence-electron chi connectivity index (χ1n) is 5.69. The molecule has 6 heteroatoms. The van der Waals surface area contributed by atoms with Crippen LogP contribution in [0.1, 0.15) is 17.3 Å². The summed E-state index contributed by atoms with van der Waals surface area (Å²) in [6.07, 6.45) is 3.30. The standard InChI is InChI=1S/C12H16N4O2/c1-9(7-18-3)15(2)12(17)10-4-5-11-14-13-8-16(11)6-10/h4-6,8-9H,7H2,1-3H3/t9-/m1/s1. The molecular formula is C12H16N4O2. The number of hydrogen-bond donors (Lipinski definition) is 0. The van der Waals surface area contributed by atoms with Crippen molar-refractivity contribution in [3.05, 3.63) is 30.2 Å². The maximum atomic E-state index is 12.2. The summed E-state index contributed by atoms with van der Waals surface area (Å²) in [6.45, 7) is 2.45. The van der Waals surface area contributed by atoms with Gasteiger partial charge in [0.1, 0.15) is 6.33 Å². The van der Waals surface area contributed by atoms with Gasteiger partial charge in [-0.25, -0.2) is 0 Å². The minimum atomic E-state index is -0.0462. The number of fused-ring (bicyclic) bond motifs is 1. The van der Waals surface area contributed by atoms with E-state index in [-0.39, 0.29) is 11.9 Å². The summed E-state index contributed by atoms with van der Waals surface area (Å²) in [5.41, 5.74) is 1.33. The molecule has 1 atom stereocenters. The third kappa shape index (κ3) is 2.33. The van der Waals surface area contributed by atoms with Gasteiger partial charge in [-0.05, 0) is 19.1 Å². The smallest absolute Gasteiger partial charge is 0.255 e. The van der Waals surface area contributed by atoms with E-state index in [1.165, 1.54) is 0 Å². The number of pyridine rings is 1. The lowest BCUT2D eigenvalue weighted by Gasteiger charge is -2.24. The van der Waals surface area contributed by atoms with Gasteiger partial charge in [-0.3, -0.25) is 9.20 Å². The van der Waals surface area contributed by atoms with Crippen LogP contribution in [0, 0.1) is 0 Å². The number of aromatic nitrogens is 3. The Kier molecular flexibility index (Phi) is 3.57. The van der Waals surface area contributed by atoms with Gasteiger partial charge in [-0.15, -0.1) is 10.2 Å². The largest absolute Gasteiger partial charge is 0.383 e. The minimum absolute atomic E-state index is 0.0270. The molecule has 0 saturated carbocycles. The Morgan fingerprint density at radius 1 is 1.56 bits per heavy atom. The van der Waals surface area contributed by atoms with E-state index < -0.39 is 0 Å². The van der Waals surface area contributed by atoms with Gasteiger partial charge in [0.2, 0.25) is 0 Å². The Bertz CT molecular complexity index is 552. The predicted octanol–water partition coefficient (Wildman–Crippen LogP) is 0.836. The Labute approximate surface area is 105 Å². The molecule has 0 unspecified atom stereocenters. The van der Waals surface area contributed by atoms with Gasteiger partial charge < -0.3 is 9.64 Å². The van der Waals surface area contributed by atoms with E-state index in [1.54, 1.807) is 48.1 Å². The van der Waals surface area contributed by atoms with Gasteiger partial charge in [0.15, 0.2) is 5.65 Å². The fourth-order valence-corrected chi connectivity index (χ4v) is 1.71. The fourth-order valence-electron chi connectivity index (χ4n) is 1.71. The van der Waals surface area contributed by atoms with Crippen LogP contribution in [0.25, 0.3) is 5.65 Å². The number of carbonyl (C=O) groups excluding carboxylic acids is 1. The maximum absolute atomic E-state index is 12.2. The fraction of sp³-hybridized carbons (Fsp3) is 0.417. The number of nitrogens with zero attached hydrogens (tertiary/aromatic N) is 4. The monoisotopic (exact) mass is 248 g/mol. The molecular weight excluding hydrogens is 232 g/mol. The zero-order valence-corrected chi connectivity index (χ0v) is 10.7. The van der Waals surface area contributed by atoms with Crippen molar-refractivity contribution in [2.75, 3.05) is 20.8 Å². The second-order valence-electron chi connectivity index (χ2n) is 4.23. The van der Waals surface area contributed by atoms with Crippen LogP contribution in [0.4, 0.5) is 0 Å². The molecule has 18 heavy (non-hydrogen) atoms. The Morgan fingerprint density at radius 3 is 3.06 bits per heavy atom. The highest BCUT2D eigenvalue weighted by molar-refractivity contribution is 5.94. The molecule has 6 nitrogen and oxygen atoms in total. The van der Waals surface area contributed by atoms with Gasteiger partial charge in [0.05, 0.1) is 18.2 Å². The Hall–Kier alpha value is -1.95. The van der Waals surface area contributed by atoms with Gasteiger partial charge >= 0.3 is 0 Å². The van der Waals surface area contributed by atoms with Crippen LogP contribution in [0.3, 0.4) is 0 Å². The maximum Gasteiger partial charge on any atom is 0.255 e. The normalized spacial score (nSPS) is 12.6. The molecule has 0 fully saturated rings. The van der Waals surface area contributed by atoms with Crippen LogP contribution < -0.4 is 0 Å². The van der Waals surface area contributed by atoms with E-state index in [1.807, 2.05) is 6.92 Å². The summed E-state index contributed by atoms with van der Waals surface area (Å²) in [5, 5.41) is 7.68. The summed E-state index contributed by atoms with van der Waals surface area (Å²) in [4.78, 5) is 13.9. The van der Waals surface area contributed by atoms with Crippen LogP contribution in [0.15, 0.2) is 24.7 Å². The molecule has 0 radical (unpaired) electrons. The van der Waals surface area contributed by atoms with Crippen LogP contribution in [0.2, 0.25) is 0 Å². The molecule has 0 bridgehead atoms. The van der Waals surface area contributed by atoms with Gasteiger partial charge in [-0.1, -0.05) is 0 Å². The lowest BCUT2D eigenvalue weighted by atomic mass is 10.2. The molecule has 96 valence electrons. The summed E-state index contributed by atoms with van der Waals surface area (Å²) in [6, 6.07) is 3.55. The molecule has 0 aliphatic rings. The first kappa shape index (κ1) is 12.5. The van der Waals surface area contributed by atoms with Gasteiger partial charge in [-0.2, -0.15) is 0 Å². The van der Waals surface area contributed by atoms with Crippen molar-refractivity contribution in [2.24, 2.45) is 0 Å². The number of carbonyl (C=O) groups is 1. The van der Waals surface area contributed by atoms with E-state index >= 15 is 0 Å². The molecule has 2 rings (SSSR count).